The molecule has 0 aromatic carbocycles. The Labute approximate surface area is 102 Å². The van der Waals surface area contributed by atoms with Gasteiger partial charge in [-0.25, -0.2) is 18.4 Å². The Morgan fingerprint density at radius 2 is 2.06 bits per heavy atom. The van der Waals surface area contributed by atoms with Gasteiger partial charge < -0.3 is 5.32 Å². The topological polar surface area (TPSA) is 72.0 Å². The maximum Gasteiger partial charge on any atom is 0.151 e. The van der Waals surface area contributed by atoms with Crippen LogP contribution in [0.1, 0.15) is 30.0 Å². The van der Waals surface area contributed by atoms with E-state index in [2.05, 4.69) is 15.3 Å². The Hall–Kier alpha value is -1.01. The van der Waals surface area contributed by atoms with Crippen LogP contribution in [0.3, 0.4) is 0 Å². The number of aryl methyl sites for hydroxylation is 2. The first kappa shape index (κ1) is 12.4. The van der Waals surface area contributed by atoms with Gasteiger partial charge in [-0.1, -0.05) is 0 Å². The smallest absolute Gasteiger partial charge is 0.151 e. The van der Waals surface area contributed by atoms with Crippen LogP contribution < -0.4 is 5.32 Å². The van der Waals surface area contributed by atoms with Gasteiger partial charge in [-0.2, -0.15) is 0 Å². The van der Waals surface area contributed by atoms with E-state index in [9.17, 15) is 8.42 Å². The molecule has 1 aliphatic heterocycles. The molecule has 2 heterocycles. The molecule has 1 unspecified atom stereocenters. The van der Waals surface area contributed by atoms with E-state index in [0.29, 0.717) is 12.8 Å². The number of nitrogens with zero attached hydrogens (tertiary/aromatic N) is 2. The predicted octanol–water partition coefficient (Wildman–Crippen LogP) is 0.270. The van der Waals surface area contributed by atoms with Crippen molar-refractivity contribution in [2.24, 2.45) is 0 Å². The third-order valence-electron chi connectivity index (χ3n) is 3.13. The van der Waals surface area contributed by atoms with Gasteiger partial charge in [-0.05, 0) is 26.0 Å². The first-order valence-electron chi connectivity index (χ1n) is 5.74. The van der Waals surface area contributed by atoms with Crippen LogP contribution in [-0.4, -0.2) is 36.9 Å². The van der Waals surface area contributed by atoms with Crippen LogP contribution in [0.25, 0.3) is 0 Å². The fourth-order valence-electron chi connectivity index (χ4n) is 1.84. The minimum absolute atomic E-state index is 0.0835. The summed E-state index contributed by atoms with van der Waals surface area (Å²) in [6.45, 7) is 1.98. The van der Waals surface area contributed by atoms with Crippen molar-refractivity contribution in [3.8, 4) is 0 Å². The van der Waals surface area contributed by atoms with E-state index in [1.165, 1.54) is 0 Å². The highest BCUT2D eigenvalue weighted by Crippen LogP contribution is 2.16. The second kappa shape index (κ2) is 4.70. The summed E-state index contributed by atoms with van der Waals surface area (Å²) in [7, 11) is -1.06. The summed E-state index contributed by atoms with van der Waals surface area (Å²) in [5.74, 6) is 1.14. The number of sulfone groups is 1. The molecule has 2 rings (SSSR count). The Morgan fingerprint density at radius 3 is 2.76 bits per heavy atom. The first-order valence-corrected chi connectivity index (χ1v) is 7.56. The standard InChI is InChI=1S/C11H17N3O2S/c1-8(12-2)11-13-7-9-3-5-17(15,16)6-4-10(9)14-11/h7-8,12H,3-6H2,1-2H3. The molecule has 0 saturated heterocycles. The van der Waals surface area contributed by atoms with Crippen molar-refractivity contribution in [2.45, 2.75) is 25.8 Å². The van der Waals surface area contributed by atoms with Crippen molar-refractivity contribution in [2.75, 3.05) is 18.6 Å². The van der Waals surface area contributed by atoms with Crippen molar-refractivity contribution in [1.29, 1.82) is 0 Å². The summed E-state index contributed by atoms with van der Waals surface area (Å²) >= 11 is 0. The predicted molar refractivity (Wildman–Crippen MR) is 65.6 cm³/mol. The molecular formula is C11H17N3O2S. The molecule has 1 N–H and O–H groups in total. The fourth-order valence-corrected chi connectivity index (χ4v) is 3.08. The second-order valence-electron chi connectivity index (χ2n) is 4.36. The van der Waals surface area contributed by atoms with Crippen LogP contribution in [-0.2, 0) is 22.7 Å². The van der Waals surface area contributed by atoms with Gasteiger partial charge in [0, 0.05) is 18.3 Å². The Morgan fingerprint density at radius 1 is 1.35 bits per heavy atom. The van der Waals surface area contributed by atoms with E-state index < -0.39 is 9.84 Å². The van der Waals surface area contributed by atoms with Crippen LogP contribution >= 0.6 is 0 Å². The highest BCUT2D eigenvalue weighted by molar-refractivity contribution is 7.91. The third kappa shape index (κ3) is 2.81. The summed E-state index contributed by atoms with van der Waals surface area (Å²) in [6, 6.07) is 0.0835. The van der Waals surface area contributed by atoms with E-state index in [0.717, 1.165) is 17.1 Å². The molecule has 1 aromatic rings. The molecule has 1 aromatic heterocycles. The number of nitrogens with one attached hydrogen (secondary N) is 1. The van der Waals surface area contributed by atoms with Gasteiger partial charge in [0.05, 0.1) is 17.5 Å². The van der Waals surface area contributed by atoms with Gasteiger partial charge in [-0.3, -0.25) is 0 Å². The maximum absolute atomic E-state index is 11.6. The average molecular weight is 255 g/mol. The summed E-state index contributed by atoms with van der Waals surface area (Å²) in [5.41, 5.74) is 1.86. The van der Waals surface area contributed by atoms with E-state index >= 15 is 0 Å². The quantitative estimate of drug-likeness (QED) is 0.821. The fraction of sp³-hybridized carbons (Fsp3) is 0.636. The number of hydrogen-bond acceptors (Lipinski definition) is 5. The van der Waals surface area contributed by atoms with Gasteiger partial charge in [0.2, 0.25) is 0 Å². The molecule has 0 fully saturated rings. The molecule has 1 atom stereocenters. The van der Waals surface area contributed by atoms with Crippen LogP contribution in [0.2, 0.25) is 0 Å². The number of aromatic nitrogens is 2. The lowest BCUT2D eigenvalue weighted by molar-refractivity contribution is 0.595. The normalized spacial score (nSPS) is 20.4. The van der Waals surface area contributed by atoms with Crippen molar-refractivity contribution in [1.82, 2.24) is 15.3 Å². The molecule has 1 aliphatic rings. The monoisotopic (exact) mass is 255 g/mol. The lowest BCUT2D eigenvalue weighted by Gasteiger charge is -2.11. The maximum atomic E-state index is 11.6. The Bertz CT molecular complexity index is 513. The second-order valence-corrected chi connectivity index (χ2v) is 6.67. The zero-order chi connectivity index (χ0) is 12.5. The minimum Gasteiger partial charge on any atom is -0.311 e. The van der Waals surface area contributed by atoms with E-state index in [1.807, 2.05) is 14.0 Å². The molecular weight excluding hydrogens is 238 g/mol. The zero-order valence-electron chi connectivity index (χ0n) is 10.1. The van der Waals surface area contributed by atoms with Gasteiger partial charge in [-0.15, -0.1) is 0 Å². The number of hydrogen-bond donors (Lipinski definition) is 1. The summed E-state index contributed by atoms with van der Waals surface area (Å²) in [6.07, 6.45) is 2.81. The number of fused-ring (bicyclic) bond motifs is 1. The van der Waals surface area contributed by atoms with Crippen molar-refractivity contribution >= 4 is 9.84 Å². The van der Waals surface area contributed by atoms with E-state index in [-0.39, 0.29) is 17.5 Å². The van der Waals surface area contributed by atoms with Crippen molar-refractivity contribution in [3.05, 3.63) is 23.3 Å². The van der Waals surface area contributed by atoms with Gasteiger partial charge in [0.15, 0.2) is 9.84 Å². The Kier molecular flexibility index (Phi) is 3.44. The molecule has 0 aliphatic carbocycles. The molecule has 6 heteroatoms. The summed E-state index contributed by atoms with van der Waals surface area (Å²) in [4.78, 5) is 8.76. The molecule has 0 radical (unpaired) electrons. The molecule has 0 amide bonds. The van der Waals surface area contributed by atoms with Crippen LogP contribution in [0, 0.1) is 0 Å². The largest absolute Gasteiger partial charge is 0.311 e. The molecule has 17 heavy (non-hydrogen) atoms. The van der Waals surface area contributed by atoms with E-state index in [4.69, 9.17) is 0 Å². The van der Waals surface area contributed by atoms with Gasteiger partial charge >= 0.3 is 0 Å². The van der Waals surface area contributed by atoms with Crippen LogP contribution in [0.15, 0.2) is 6.20 Å². The number of rotatable bonds is 2. The highest BCUT2D eigenvalue weighted by Gasteiger charge is 2.20. The lowest BCUT2D eigenvalue weighted by atomic mass is 10.1. The van der Waals surface area contributed by atoms with Crippen LogP contribution in [0.5, 0.6) is 0 Å². The van der Waals surface area contributed by atoms with Gasteiger partial charge in [0.25, 0.3) is 0 Å². The van der Waals surface area contributed by atoms with Crippen LogP contribution in [0.4, 0.5) is 0 Å². The Balaban J connectivity index is 2.32. The molecule has 5 nitrogen and oxygen atoms in total. The summed E-state index contributed by atoms with van der Waals surface area (Å²) < 4.78 is 23.1. The third-order valence-corrected chi connectivity index (χ3v) is 4.78. The van der Waals surface area contributed by atoms with E-state index in [1.54, 1.807) is 6.20 Å². The van der Waals surface area contributed by atoms with Gasteiger partial charge in [0.1, 0.15) is 5.82 Å². The molecule has 0 bridgehead atoms. The zero-order valence-corrected chi connectivity index (χ0v) is 10.9. The minimum atomic E-state index is -2.91. The lowest BCUT2D eigenvalue weighted by Crippen LogP contribution is -2.17. The molecule has 0 spiro atoms. The van der Waals surface area contributed by atoms with Crippen molar-refractivity contribution < 1.29 is 8.42 Å². The molecule has 94 valence electrons. The SMILES string of the molecule is CNC(C)c1ncc2c(n1)CCS(=O)(=O)CC2. The molecule has 0 saturated carbocycles. The first-order chi connectivity index (χ1) is 8.02. The van der Waals surface area contributed by atoms with Crippen molar-refractivity contribution in [3.63, 3.8) is 0 Å². The average Bonchev–Trinajstić information content (AvgIpc) is 2.47. The summed E-state index contributed by atoms with van der Waals surface area (Å²) in [5, 5.41) is 3.08. The highest BCUT2D eigenvalue weighted by atomic mass is 32.2.